The minimum atomic E-state index is 0.845. The van der Waals surface area contributed by atoms with Crippen LogP contribution >= 0.6 is 23.5 Å². The third-order valence-corrected chi connectivity index (χ3v) is 7.51. The number of hydrogen-bond donors (Lipinski definition) is 0. The van der Waals surface area contributed by atoms with Crippen LogP contribution in [0.2, 0.25) is 0 Å². The lowest BCUT2D eigenvalue weighted by Crippen LogP contribution is -2.09. The quantitative estimate of drug-likeness (QED) is 0.214. The van der Waals surface area contributed by atoms with Crippen molar-refractivity contribution >= 4 is 40.6 Å². The Labute approximate surface area is 215 Å². The molecule has 5 aromatic carbocycles. The highest BCUT2D eigenvalue weighted by molar-refractivity contribution is 7.99. The molecule has 0 bridgehead atoms. The molecule has 0 N–H and O–H groups in total. The van der Waals surface area contributed by atoms with Crippen LogP contribution in [0.5, 0.6) is 5.75 Å². The van der Waals surface area contributed by atoms with E-state index in [1.165, 1.54) is 19.6 Å². The highest BCUT2D eigenvalue weighted by atomic mass is 32.2. The van der Waals surface area contributed by atoms with E-state index in [0.717, 1.165) is 22.8 Å². The summed E-state index contributed by atoms with van der Waals surface area (Å²) in [6, 6.07) is 46.6. The number of rotatable bonds is 8. The maximum atomic E-state index is 5.38. The molecule has 0 aliphatic heterocycles. The molecule has 0 heterocycles. The second kappa shape index (κ2) is 11.2. The Hall–Kier alpha value is -3.60. The average Bonchev–Trinajstić information content (AvgIpc) is 2.92. The summed E-state index contributed by atoms with van der Waals surface area (Å²) in [6.07, 6.45) is 0. The first-order chi connectivity index (χ1) is 17.3. The third-order valence-electron chi connectivity index (χ3n) is 5.48. The van der Waals surface area contributed by atoms with Crippen LogP contribution in [-0.2, 0) is 0 Å². The Balaban J connectivity index is 1.44. The zero-order valence-corrected chi connectivity index (χ0v) is 21.0. The number of ether oxygens (including phenoxy) is 1. The van der Waals surface area contributed by atoms with Gasteiger partial charge in [0.15, 0.2) is 0 Å². The lowest BCUT2D eigenvalue weighted by Gasteiger charge is -2.26. The summed E-state index contributed by atoms with van der Waals surface area (Å²) in [7, 11) is 1.69. The van der Waals surface area contributed by atoms with E-state index in [9.17, 15) is 0 Å². The predicted octanol–water partition coefficient (Wildman–Crippen LogP) is 9.47. The van der Waals surface area contributed by atoms with Crippen LogP contribution in [0, 0.1) is 0 Å². The molecule has 0 aromatic heterocycles. The molecule has 0 aliphatic carbocycles. The molecular formula is C31H25NOS2. The van der Waals surface area contributed by atoms with Crippen LogP contribution in [0.15, 0.2) is 153 Å². The fourth-order valence-electron chi connectivity index (χ4n) is 3.75. The first-order valence-corrected chi connectivity index (χ1v) is 13.0. The van der Waals surface area contributed by atoms with E-state index >= 15 is 0 Å². The van der Waals surface area contributed by atoms with Gasteiger partial charge in [0, 0.05) is 36.6 Å². The van der Waals surface area contributed by atoms with Gasteiger partial charge < -0.3 is 9.64 Å². The van der Waals surface area contributed by atoms with Gasteiger partial charge in [-0.3, -0.25) is 0 Å². The van der Waals surface area contributed by atoms with Crippen molar-refractivity contribution in [2.75, 3.05) is 12.0 Å². The lowest BCUT2D eigenvalue weighted by molar-refractivity contribution is 0.415. The van der Waals surface area contributed by atoms with Crippen molar-refractivity contribution in [3.05, 3.63) is 133 Å². The number of hydrogen-bond acceptors (Lipinski definition) is 4. The monoisotopic (exact) mass is 491 g/mol. The first-order valence-electron chi connectivity index (χ1n) is 11.4. The highest BCUT2D eigenvalue weighted by Gasteiger charge is 2.13. The molecule has 0 unspecified atom stereocenters. The Morgan fingerprint density at radius 2 is 0.771 bits per heavy atom. The van der Waals surface area contributed by atoms with E-state index in [4.69, 9.17) is 4.74 Å². The standard InChI is InChI=1S/C31H25NOS2/c1-33-27-18-12-24(13-19-27)32(25-14-20-30(21-15-25)34-28-8-4-2-5-9-28)26-16-22-31(23-17-26)35-29-10-6-3-7-11-29/h2-23H,1H3. The SMILES string of the molecule is COc1ccc(N(c2ccc(Sc3ccccc3)cc2)c2ccc(Sc3ccccc3)cc2)cc1. The molecule has 0 amide bonds. The normalized spacial score (nSPS) is 10.7. The van der Waals surface area contributed by atoms with Gasteiger partial charge in [-0.15, -0.1) is 0 Å². The molecule has 5 rings (SSSR count). The van der Waals surface area contributed by atoms with E-state index < -0.39 is 0 Å². The molecule has 0 saturated heterocycles. The molecule has 0 radical (unpaired) electrons. The van der Waals surface area contributed by atoms with Gasteiger partial charge in [0.25, 0.3) is 0 Å². The summed E-state index contributed by atoms with van der Waals surface area (Å²) in [4.78, 5) is 7.17. The Bertz CT molecular complexity index is 1250. The van der Waals surface area contributed by atoms with Crippen LogP contribution in [0.4, 0.5) is 17.1 Å². The van der Waals surface area contributed by atoms with E-state index in [1.807, 2.05) is 24.3 Å². The number of benzene rings is 5. The summed E-state index contributed by atoms with van der Waals surface area (Å²) in [5, 5.41) is 0. The van der Waals surface area contributed by atoms with Crippen LogP contribution in [0.1, 0.15) is 0 Å². The second-order valence-corrected chi connectivity index (χ2v) is 10.1. The molecule has 5 aromatic rings. The molecule has 0 atom stereocenters. The molecule has 35 heavy (non-hydrogen) atoms. The summed E-state index contributed by atoms with van der Waals surface area (Å²) >= 11 is 3.54. The van der Waals surface area contributed by atoms with Crippen LogP contribution in [0.3, 0.4) is 0 Å². The van der Waals surface area contributed by atoms with Crippen molar-refractivity contribution in [2.45, 2.75) is 19.6 Å². The van der Waals surface area contributed by atoms with Gasteiger partial charge in [-0.05, 0) is 97.1 Å². The molecular weight excluding hydrogens is 466 g/mol. The average molecular weight is 492 g/mol. The van der Waals surface area contributed by atoms with Gasteiger partial charge in [-0.1, -0.05) is 59.9 Å². The number of nitrogens with zero attached hydrogens (tertiary/aromatic N) is 1. The molecule has 4 heteroatoms. The minimum Gasteiger partial charge on any atom is -0.497 e. The van der Waals surface area contributed by atoms with Crippen LogP contribution in [0.25, 0.3) is 0 Å². The van der Waals surface area contributed by atoms with E-state index in [-0.39, 0.29) is 0 Å². The molecule has 0 spiro atoms. The summed E-state index contributed by atoms with van der Waals surface area (Å²) in [5.74, 6) is 0.845. The van der Waals surface area contributed by atoms with Gasteiger partial charge in [-0.2, -0.15) is 0 Å². The fraction of sp³-hybridized carbons (Fsp3) is 0.0323. The summed E-state index contributed by atoms with van der Waals surface area (Å²) in [6.45, 7) is 0. The van der Waals surface area contributed by atoms with Crippen molar-refractivity contribution in [1.82, 2.24) is 0 Å². The lowest BCUT2D eigenvalue weighted by atomic mass is 10.2. The molecule has 0 saturated carbocycles. The molecule has 0 aliphatic rings. The zero-order chi connectivity index (χ0) is 23.9. The zero-order valence-electron chi connectivity index (χ0n) is 19.4. The van der Waals surface area contributed by atoms with Crippen molar-refractivity contribution in [3.63, 3.8) is 0 Å². The predicted molar refractivity (Wildman–Crippen MR) is 149 cm³/mol. The number of anilines is 3. The first kappa shape index (κ1) is 23.2. The fourth-order valence-corrected chi connectivity index (χ4v) is 5.43. The van der Waals surface area contributed by atoms with Crippen molar-refractivity contribution in [1.29, 1.82) is 0 Å². The Morgan fingerprint density at radius 3 is 1.14 bits per heavy atom. The summed E-state index contributed by atoms with van der Waals surface area (Å²) < 4.78 is 5.38. The maximum Gasteiger partial charge on any atom is 0.119 e. The minimum absolute atomic E-state index is 0.845. The van der Waals surface area contributed by atoms with Gasteiger partial charge in [0.2, 0.25) is 0 Å². The van der Waals surface area contributed by atoms with E-state index in [0.29, 0.717) is 0 Å². The number of methoxy groups -OCH3 is 1. The Kier molecular flexibility index (Phi) is 7.42. The molecule has 0 fully saturated rings. The van der Waals surface area contributed by atoms with Gasteiger partial charge in [-0.25, -0.2) is 0 Å². The van der Waals surface area contributed by atoms with Gasteiger partial charge in [0.1, 0.15) is 5.75 Å². The second-order valence-electron chi connectivity index (χ2n) is 7.85. The van der Waals surface area contributed by atoms with Crippen LogP contribution in [-0.4, -0.2) is 7.11 Å². The van der Waals surface area contributed by atoms with Gasteiger partial charge >= 0.3 is 0 Å². The topological polar surface area (TPSA) is 12.5 Å². The molecule has 172 valence electrons. The van der Waals surface area contributed by atoms with Gasteiger partial charge in [0.05, 0.1) is 7.11 Å². The largest absolute Gasteiger partial charge is 0.497 e. The van der Waals surface area contributed by atoms with Crippen LogP contribution < -0.4 is 9.64 Å². The van der Waals surface area contributed by atoms with Crippen molar-refractivity contribution in [3.8, 4) is 5.75 Å². The van der Waals surface area contributed by atoms with E-state index in [1.54, 1.807) is 30.6 Å². The molecule has 2 nitrogen and oxygen atoms in total. The van der Waals surface area contributed by atoms with Crippen molar-refractivity contribution in [2.24, 2.45) is 0 Å². The van der Waals surface area contributed by atoms with E-state index in [2.05, 4.69) is 114 Å². The summed E-state index contributed by atoms with van der Waals surface area (Å²) in [5.41, 5.74) is 3.30. The third kappa shape index (κ3) is 5.91. The highest BCUT2D eigenvalue weighted by Crippen LogP contribution is 2.38. The smallest absolute Gasteiger partial charge is 0.119 e. The maximum absolute atomic E-state index is 5.38. The van der Waals surface area contributed by atoms with Crippen molar-refractivity contribution < 1.29 is 4.74 Å². The Morgan fingerprint density at radius 1 is 0.429 bits per heavy atom.